The molecule has 106 valence electrons. The molecule has 0 spiro atoms. The van der Waals surface area contributed by atoms with Crippen LogP contribution in [0.3, 0.4) is 0 Å². The second kappa shape index (κ2) is 6.02. The summed E-state index contributed by atoms with van der Waals surface area (Å²) in [6, 6.07) is 7.72. The fourth-order valence-corrected chi connectivity index (χ4v) is 2.16. The van der Waals surface area contributed by atoms with Crippen molar-refractivity contribution in [3.63, 3.8) is 0 Å². The standard InChI is InChI=1S/C14H17N3O3/c1-18-9-13-16-14(17-20-13)10-2-4-11(5-3-10)19-12-6-7-15-8-12/h2-5,12,15H,6-9H2,1H3. The van der Waals surface area contributed by atoms with Gasteiger partial charge in [0.25, 0.3) is 5.89 Å². The average Bonchev–Trinajstić information content (AvgIpc) is 3.12. The first-order chi connectivity index (χ1) is 9.85. The van der Waals surface area contributed by atoms with E-state index in [-0.39, 0.29) is 6.10 Å². The van der Waals surface area contributed by atoms with Crippen molar-refractivity contribution < 1.29 is 14.0 Å². The molecule has 0 aliphatic carbocycles. The Labute approximate surface area is 117 Å². The van der Waals surface area contributed by atoms with E-state index < -0.39 is 0 Å². The molecule has 6 nitrogen and oxygen atoms in total. The molecule has 6 heteroatoms. The normalized spacial score (nSPS) is 18.4. The van der Waals surface area contributed by atoms with Crippen LogP contribution < -0.4 is 10.1 Å². The highest BCUT2D eigenvalue weighted by Crippen LogP contribution is 2.21. The lowest BCUT2D eigenvalue weighted by molar-refractivity contribution is 0.151. The molecule has 1 saturated heterocycles. The molecule has 2 heterocycles. The Morgan fingerprint density at radius 1 is 1.35 bits per heavy atom. The van der Waals surface area contributed by atoms with Crippen LogP contribution >= 0.6 is 0 Å². The summed E-state index contributed by atoms with van der Waals surface area (Å²) in [4.78, 5) is 4.25. The van der Waals surface area contributed by atoms with Crippen LogP contribution in [0.15, 0.2) is 28.8 Å². The van der Waals surface area contributed by atoms with Crippen LogP contribution in [0.25, 0.3) is 11.4 Å². The second-order valence-electron chi connectivity index (χ2n) is 4.70. The first-order valence-corrected chi connectivity index (χ1v) is 6.64. The molecule has 1 fully saturated rings. The molecule has 0 saturated carbocycles. The van der Waals surface area contributed by atoms with Gasteiger partial charge in [0.1, 0.15) is 18.5 Å². The van der Waals surface area contributed by atoms with Crippen LogP contribution in [-0.4, -0.2) is 36.4 Å². The van der Waals surface area contributed by atoms with Gasteiger partial charge in [-0.05, 0) is 37.2 Å². The Hall–Kier alpha value is -1.92. The van der Waals surface area contributed by atoms with Gasteiger partial charge in [0, 0.05) is 19.2 Å². The average molecular weight is 275 g/mol. The van der Waals surface area contributed by atoms with E-state index >= 15 is 0 Å². The van der Waals surface area contributed by atoms with Gasteiger partial charge < -0.3 is 19.3 Å². The Bertz CT molecular complexity index is 547. The van der Waals surface area contributed by atoms with Crippen LogP contribution in [0, 0.1) is 0 Å². The maximum atomic E-state index is 5.86. The van der Waals surface area contributed by atoms with Gasteiger partial charge in [0.2, 0.25) is 5.82 Å². The van der Waals surface area contributed by atoms with E-state index in [4.69, 9.17) is 14.0 Å². The number of nitrogens with one attached hydrogen (secondary N) is 1. The van der Waals surface area contributed by atoms with Crippen LogP contribution in [0.4, 0.5) is 0 Å². The Morgan fingerprint density at radius 3 is 2.90 bits per heavy atom. The molecule has 0 radical (unpaired) electrons. The van der Waals surface area contributed by atoms with Gasteiger partial charge in [0.15, 0.2) is 0 Å². The van der Waals surface area contributed by atoms with E-state index in [0.29, 0.717) is 18.3 Å². The summed E-state index contributed by atoms with van der Waals surface area (Å²) >= 11 is 0. The monoisotopic (exact) mass is 275 g/mol. The number of methoxy groups -OCH3 is 1. The smallest absolute Gasteiger partial charge is 0.252 e. The maximum absolute atomic E-state index is 5.86. The number of rotatable bonds is 5. The van der Waals surface area contributed by atoms with Crippen molar-refractivity contribution in [2.75, 3.05) is 20.2 Å². The molecule has 3 rings (SSSR count). The van der Waals surface area contributed by atoms with E-state index in [1.807, 2.05) is 24.3 Å². The summed E-state index contributed by atoms with van der Waals surface area (Å²) in [6.07, 6.45) is 1.31. The number of ether oxygens (including phenoxy) is 2. The predicted octanol–water partition coefficient (Wildman–Crippen LogP) is 1.62. The SMILES string of the molecule is COCc1nc(-c2ccc(OC3CCNC3)cc2)no1. The van der Waals surface area contributed by atoms with E-state index in [2.05, 4.69) is 15.5 Å². The number of benzene rings is 1. The first kappa shape index (κ1) is 13.1. The van der Waals surface area contributed by atoms with Gasteiger partial charge in [-0.15, -0.1) is 0 Å². The maximum Gasteiger partial charge on any atom is 0.252 e. The zero-order valence-electron chi connectivity index (χ0n) is 11.3. The molecule has 1 aromatic carbocycles. The Balaban J connectivity index is 1.68. The third-order valence-corrected chi connectivity index (χ3v) is 3.17. The minimum atomic E-state index is 0.263. The van der Waals surface area contributed by atoms with E-state index in [0.717, 1.165) is 30.8 Å². The van der Waals surface area contributed by atoms with Crippen LogP contribution in [0.5, 0.6) is 5.75 Å². The third kappa shape index (κ3) is 2.97. The largest absolute Gasteiger partial charge is 0.489 e. The van der Waals surface area contributed by atoms with Crippen LogP contribution in [0.1, 0.15) is 12.3 Å². The second-order valence-corrected chi connectivity index (χ2v) is 4.70. The molecule has 0 amide bonds. The zero-order valence-corrected chi connectivity index (χ0v) is 11.3. The molecular formula is C14H17N3O3. The van der Waals surface area contributed by atoms with Crippen LogP contribution in [0.2, 0.25) is 0 Å². The molecule has 1 aromatic heterocycles. The molecule has 20 heavy (non-hydrogen) atoms. The van der Waals surface area contributed by atoms with Crippen molar-refractivity contribution in [2.45, 2.75) is 19.1 Å². The van der Waals surface area contributed by atoms with Gasteiger partial charge >= 0.3 is 0 Å². The number of aromatic nitrogens is 2. The van der Waals surface area contributed by atoms with Gasteiger partial charge in [-0.2, -0.15) is 4.98 Å². The lowest BCUT2D eigenvalue weighted by atomic mass is 10.2. The van der Waals surface area contributed by atoms with Crippen molar-refractivity contribution in [1.29, 1.82) is 0 Å². The topological polar surface area (TPSA) is 69.4 Å². The van der Waals surface area contributed by atoms with Crippen molar-refractivity contribution in [3.05, 3.63) is 30.2 Å². The number of hydrogen-bond acceptors (Lipinski definition) is 6. The summed E-state index contributed by atoms with van der Waals surface area (Å²) in [5.41, 5.74) is 0.896. The molecular weight excluding hydrogens is 258 g/mol. The van der Waals surface area contributed by atoms with Crippen molar-refractivity contribution in [2.24, 2.45) is 0 Å². The first-order valence-electron chi connectivity index (χ1n) is 6.64. The molecule has 1 aliphatic rings. The van der Waals surface area contributed by atoms with Gasteiger partial charge in [-0.25, -0.2) is 0 Å². The summed E-state index contributed by atoms with van der Waals surface area (Å²) in [5.74, 6) is 1.90. The molecule has 1 aliphatic heterocycles. The molecule has 1 atom stereocenters. The molecule has 1 unspecified atom stereocenters. The summed E-state index contributed by atoms with van der Waals surface area (Å²) in [5, 5.41) is 7.20. The minimum absolute atomic E-state index is 0.263. The summed E-state index contributed by atoms with van der Waals surface area (Å²) in [6.45, 7) is 2.25. The predicted molar refractivity (Wildman–Crippen MR) is 72.3 cm³/mol. The summed E-state index contributed by atoms with van der Waals surface area (Å²) in [7, 11) is 1.59. The number of hydrogen-bond donors (Lipinski definition) is 1. The van der Waals surface area contributed by atoms with E-state index in [9.17, 15) is 0 Å². The lowest BCUT2D eigenvalue weighted by Gasteiger charge is -2.12. The quantitative estimate of drug-likeness (QED) is 0.894. The van der Waals surface area contributed by atoms with E-state index in [1.54, 1.807) is 7.11 Å². The molecule has 0 bridgehead atoms. The summed E-state index contributed by atoms with van der Waals surface area (Å²) < 4.78 is 15.9. The Morgan fingerprint density at radius 2 is 2.20 bits per heavy atom. The number of nitrogens with zero attached hydrogens (tertiary/aromatic N) is 2. The van der Waals surface area contributed by atoms with E-state index in [1.165, 1.54) is 0 Å². The van der Waals surface area contributed by atoms with Gasteiger partial charge in [-0.1, -0.05) is 5.16 Å². The highest BCUT2D eigenvalue weighted by molar-refractivity contribution is 5.55. The third-order valence-electron chi connectivity index (χ3n) is 3.17. The zero-order chi connectivity index (χ0) is 13.8. The Kier molecular flexibility index (Phi) is 3.94. The molecule has 1 N–H and O–H groups in total. The van der Waals surface area contributed by atoms with Gasteiger partial charge in [0.05, 0.1) is 0 Å². The van der Waals surface area contributed by atoms with Gasteiger partial charge in [-0.3, -0.25) is 0 Å². The van der Waals surface area contributed by atoms with Crippen LogP contribution in [-0.2, 0) is 11.3 Å². The van der Waals surface area contributed by atoms with Crippen molar-refractivity contribution in [1.82, 2.24) is 15.5 Å². The van der Waals surface area contributed by atoms with Crippen molar-refractivity contribution >= 4 is 0 Å². The minimum Gasteiger partial charge on any atom is -0.489 e. The van der Waals surface area contributed by atoms with Crippen molar-refractivity contribution in [3.8, 4) is 17.1 Å². The molecule has 2 aromatic rings. The highest BCUT2D eigenvalue weighted by Gasteiger charge is 2.16. The highest BCUT2D eigenvalue weighted by atomic mass is 16.5. The fraction of sp³-hybridized carbons (Fsp3) is 0.429. The fourth-order valence-electron chi connectivity index (χ4n) is 2.16. The lowest BCUT2D eigenvalue weighted by Crippen LogP contribution is -2.19.